The number of rotatable bonds is 6. The van der Waals surface area contributed by atoms with Crippen LogP contribution in [0, 0.1) is 27.7 Å². The van der Waals surface area contributed by atoms with Gasteiger partial charge in [-0.2, -0.15) is 5.10 Å². The first-order valence-corrected chi connectivity index (χ1v) is 8.79. The van der Waals surface area contributed by atoms with Crippen molar-refractivity contribution < 1.29 is 9.21 Å². The predicted octanol–water partition coefficient (Wildman–Crippen LogP) is 2.03. The van der Waals surface area contributed by atoms with Crippen molar-refractivity contribution in [2.24, 2.45) is 0 Å². The Morgan fingerprint density at radius 1 is 1.26 bits per heavy atom. The SMILES string of the molecule is Cc1nn(-c2nc(C)c(C)c(=O)[nH]2)c(C)c1CCC(=O)NCc1ccco1. The highest BCUT2D eigenvalue weighted by Crippen LogP contribution is 2.17. The summed E-state index contributed by atoms with van der Waals surface area (Å²) in [5.74, 6) is 1.04. The number of hydrogen-bond donors (Lipinski definition) is 2. The van der Waals surface area contributed by atoms with Crippen LogP contribution in [0.3, 0.4) is 0 Å². The van der Waals surface area contributed by atoms with Crippen molar-refractivity contribution in [2.75, 3.05) is 0 Å². The summed E-state index contributed by atoms with van der Waals surface area (Å²) in [5.41, 5.74) is 3.73. The number of carbonyl (C=O) groups excluding carboxylic acids is 1. The molecule has 3 heterocycles. The van der Waals surface area contributed by atoms with Gasteiger partial charge in [-0.25, -0.2) is 9.67 Å². The molecule has 3 aromatic rings. The van der Waals surface area contributed by atoms with E-state index in [1.54, 1.807) is 30.9 Å². The number of nitrogens with one attached hydrogen (secondary N) is 2. The Morgan fingerprint density at radius 2 is 2.04 bits per heavy atom. The Bertz CT molecular complexity index is 1010. The molecule has 1 amide bonds. The van der Waals surface area contributed by atoms with E-state index >= 15 is 0 Å². The van der Waals surface area contributed by atoms with Crippen LogP contribution in [0.5, 0.6) is 0 Å². The molecule has 0 aromatic carbocycles. The van der Waals surface area contributed by atoms with Crippen LogP contribution in [0.15, 0.2) is 27.6 Å². The molecule has 0 unspecified atom stereocenters. The first kappa shape index (κ1) is 18.6. The Balaban J connectivity index is 1.72. The molecule has 8 heteroatoms. The van der Waals surface area contributed by atoms with E-state index in [9.17, 15) is 9.59 Å². The zero-order valence-corrected chi connectivity index (χ0v) is 15.9. The molecular formula is C19H23N5O3. The van der Waals surface area contributed by atoms with E-state index in [1.807, 2.05) is 19.9 Å². The summed E-state index contributed by atoms with van der Waals surface area (Å²) in [5, 5.41) is 7.33. The van der Waals surface area contributed by atoms with E-state index in [0.29, 0.717) is 42.4 Å². The molecule has 0 saturated carbocycles. The molecule has 0 aliphatic heterocycles. The van der Waals surface area contributed by atoms with E-state index in [0.717, 1.165) is 17.0 Å². The lowest BCUT2D eigenvalue weighted by atomic mass is 10.1. The van der Waals surface area contributed by atoms with Crippen LogP contribution in [0.4, 0.5) is 0 Å². The minimum absolute atomic E-state index is 0.0596. The van der Waals surface area contributed by atoms with Crippen molar-refractivity contribution in [3.8, 4) is 5.95 Å². The third kappa shape index (κ3) is 3.99. The quantitative estimate of drug-likeness (QED) is 0.691. The minimum atomic E-state index is -0.177. The number of furan rings is 1. The van der Waals surface area contributed by atoms with Gasteiger partial charge in [-0.15, -0.1) is 0 Å². The molecule has 8 nitrogen and oxygen atoms in total. The first-order chi connectivity index (χ1) is 12.9. The van der Waals surface area contributed by atoms with Crippen LogP contribution < -0.4 is 10.9 Å². The van der Waals surface area contributed by atoms with E-state index in [1.165, 1.54) is 0 Å². The van der Waals surface area contributed by atoms with Crippen LogP contribution in [0.1, 0.15) is 40.4 Å². The molecule has 0 fully saturated rings. The van der Waals surface area contributed by atoms with Gasteiger partial charge in [-0.3, -0.25) is 14.6 Å². The van der Waals surface area contributed by atoms with Gasteiger partial charge in [0.1, 0.15) is 5.76 Å². The molecule has 27 heavy (non-hydrogen) atoms. The number of H-pyrrole nitrogens is 1. The van der Waals surface area contributed by atoms with E-state index < -0.39 is 0 Å². The maximum atomic E-state index is 12.1. The topological polar surface area (TPSA) is 106 Å². The van der Waals surface area contributed by atoms with Crippen molar-refractivity contribution in [3.05, 3.63) is 62.7 Å². The third-order valence-electron chi connectivity index (χ3n) is 4.67. The summed E-state index contributed by atoms with van der Waals surface area (Å²) in [6, 6.07) is 3.60. The standard InChI is InChI=1S/C19H23N5O3/c1-11-12(2)21-19(22-18(11)26)24-14(4)16(13(3)23-24)7-8-17(25)20-10-15-6-5-9-27-15/h5-6,9H,7-8,10H2,1-4H3,(H,20,25)(H,21,22,26). The molecule has 0 aliphatic rings. The van der Waals surface area contributed by atoms with Gasteiger partial charge in [-0.05, 0) is 51.8 Å². The lowest BCUT2D eigenvalue weighted by Crippen LogP contribution is -2.22. The van der Waals surface area contributed by atoms with Crippen molar-refractivity contribution in [1.29, 1.82) is 0 Å². The second kappa shape index (κ2) is 7.61. The Kier molecular flexibility index (Phi) is 5.25. The molecule has 3 rings (SSSR count). The van der Waals surface area contributed by atoms with Gasteiger partial charge < -0.3 is 9.73 Å². The van der Waals surface area contributed by atoms with Crippen LogP contribution in [-0.4, -0.2) is 25.7 Å². The Hall–Kier alpha value is -3.16. The van der Waals surface area contributed by atoms with Crippen molar-refractivity contribution in [3.63, 3.8) is 0 Å². The predicted molar refractivity (Wildman–Crippen MR) is 99.8 cm³/mol. The fraction of sp³-hybridized carbons (Fsp3) is 0.368. The summed E-state index contributed by atoms with van der Waals surface area (Å²) in [7, 11) is 0. The third-order valence-corrected chi connectivity index (χ3v) is 4.67. The van der Waals surface area contributed by atoms with E-state index in [-0.39, 0.29) is 11.5 Å². The molecule has 3 aromatic heterocycles. The number of carbonyl (C=O) groups is 1. The van der Waals surface area contributed by atoms with Crippen molar-refractivity contribution >= 4 is 5.91 Å². The molecule has 0 atom stereocenters. The molecule has 142 valence electrons. The molecule has 0 bridgehead atoms. The van der Waals surface area contributed by atoms with Gasteiger partial charge in [0, 0.05) is 23.4 Å². The highest BCUT2D eigenvalue weighted by Gasteiger charge is 2.16. The fourth-order valence-electron chi connectivity index (χ4n) is 2.90. The molecule has 0 saturated heterocycles. The van der Waals surface area contributed by atoms with Gasteiger partial charge in [0.05, 0.1) is 18.5 Å². The normalized spacial score (nSPS) is 11.0. The van der Waals surface area contributed by atoms with E-state index in [2.05, 4.69) is 20.4 Å². The van der Waals surface area contributed by atoms with Gasteiger partial charge in [0.15, 0.2) is 0 Å². The number of aromatic nitrogens is 4. The zero-order chi connectivity index (χ0) is 19.6. The van der Waals surface area contributed by atoms with Gasteiger partial charge in [0.2, 0.25) is 11.9 Å². The molecule has 2 N–H and O–H groups in total. The van der Waals surface area contributed by atoms with Gasteiger partial charge >= 0.3 is 0 Å². The number of aryl methyl sites for hydroxylation is 2. The Labute approximate surface area is 156 Å². The number of hydrogen-bond acceptors (Lipinski definition) is 5. The molecule has 0 spiro atoms. The fourth-order valence-corrected chi connectivity index (χ4v) is 2.90. The summed E-state index contributed by atoms with van der Waals surface area (Å²) in [6.07, 6.45) is 2.47. The van der Waals surface area contributed by atoms with Crippen LogP contribution >= 0.6 is 0 Å². The summed E-state index contributed by atoms with van der Waals surface area (Å²) in [6.45, 7) is 7.70. The van der Waals surface area contributed by atoms with E-state index in [4.69, 9.17) is 4.42 Å². The maximum absolute atomic E-state index is 12.1. The average molecular weight is 369 g/mol. The minimum Gasteiger partial charge on any atom is -0.467 e. The zero-order valence-electron chi connectivity index (χ0n) is 15.9. The van der Waals surface area contributed by atoms with Gasteiger partial charge in [0.25, 0.3) is 5.56 Å². The van der Waals surface area contributed by atoms with Gasteiger partial charge in [-0.1, -0.05) is 0 Å². The lowest BCUT2D eigenvalue weighted by Gasteiger charge is -2.07. The molecule has 0 aliphatic carbocycles. The highest BCUT2D eigenvalue weighted by molar-refractivity contribution is 5.76. The van der Waals surface area contributed by atoms with Crippen LogP contribution in [0.25, 0.3) is 5.95 Å². The first-order valence-electron chi connectivity index (χ1n) is 8.79. The maximum Gasteiger partial charge on any atom is 0.255 e. The second-order valence-corrected chi connectivity index (χ2v) is 6.52. The molecule has 0 radical (unpaired) electrons. The summed E-state index contributed by atoms with van der Waals surface area (Å²) < 4.78 is 6.83. The number of nitrogens with zero attached hydrogens (tertiary/aromatic N) is 3. The largest absolute Gasteiger partial charge is 0.467 e. The van der Waals surface area contributed by atoms with Crippen molar-refractivity contribution in [1.82, 2.24) is 25.1 Å². The van der Waals surface area contributed by atoms with Crippen LogP contribution in [-0.2, 0) is 17.8 Å². The smallest absolute Gasteiger partial charge is 0.255 e. The Morgan fingerprint density at radius 3 is 2.70 bits per heavy atom. The number of amides is 1. The molecular weight excluding hydrogens is 346 g/mol. The number of aromatic amines is 1. The highest BCUT2D eigenvalue weighted by atomic mass is 16.3. The average Bonchev–Trinajstić information content (AvgIpc) is 3.24. The summed E-state index contributed by atoms with van der Waals surface area (Å²) in [4.78, 5) is 31.3. The van der Waals surface area contributed by atoms with Crippen LogP contribution in [0.2, 0.25) is 0 Å². The monoisotopic (exact) mass is 369 g/mol. The van der Waals surface area contributed by atoms with Crippen molar-refractivity contribution in [2.45, 2.75) is 47.1 Å². The second-order valence-electron chi connectivity index (χ2n) is 6.52. The summed E-state index contributed by atoms with van der Waals surface area (Å²) >= 11 is 0. The lowest BCUT2D eigenvalue weighted by molar-refractivity contribution is -0.121.